The summed E-state index contributed by atoms with van der Waals surface area (Å²) in [5.74, 6) is -0.287. The Bertz CT molecular complexity index is 1100. The predicted molar refractivity (Wildman–Crippen MR) is 99.5 cm³/mol. The number of rotatable bonds is 6. The summed E-state index contributed by atoms with van der Waals surface area (Å²) in [6.45, 7) is 0.446. The molecule has 2 aromatic heterocycles. The molecule has 7 nitrogen and oxygen atoms in total. The second-order valence-corrected chi connectivity index (χ2v) is 8.62. The summed E-state index contributed by atoms with van der Waals surface area (Å²) in [4.78, 5) is 30.8. The number of ketones is 1. The topological polar surface area (TPSA) is 109 Å². The van der Waals surface area contributed by atoms with Crippen LogP contribution in [0.5, 0.6) is 0 Å². The molecule has 0 saturated heterocycles. The zero-order valence-corrected chi connectivity index (χ0v) is 15.4. The highest BCUT2D eigenvalue weighted by molar-refractivity contribution is 7.90. The summed E-state index contributed by atoms with van der Waals surface area (Å²) in [7, 11) is -3.38. The van der Waals surface area contributed by atoms with Gasteiger partial charge in [0.15, 0.2) is 15.0 Å². The van der Waals surface area contributed by atoms with Crippen molar-refractivity contribution in [3.8, 4) is 0 Å². The van der Waals surface area contributed by atoms with E-state index < -0.39 is 9.84 Å². The summed E-state index contributed by atoms with van der Waals surface area (Å²) in [5, 5.41) is 3.63. The Balaban J connectivity index is 1.74. The fraction of sp³-hybridized carbons (Fsp3) is 0.118. The van der Waals surface area contributed by atoms with Gasteiger partial charge in [-0.3, -0.25) is 9.59 Å². The van der Waals surface area contributed by atoms with Gasteiger partial charge in [-0.25, -0.2) is 13.4 Å². The van der Waals surface area contributed by atoms with Crippen LogP contribution in [0.3, 0.4) is 0 Å². The highest BCUT2D eigenvalue weighted by Gasteiger charge is 2.16. The van der Waals surface area contributed by atoms with Crippen LogP contribution in [0.15, 0.2) is 58.5 Å². The first-order valence-corrected chi connectivity index (χ1v) is 10.3. The smallest absolute Gasteiger partial charge is 0.247 e. The molecule has 0 spiro atoms. The maximum atomic E-state index is 12.6. The van der Waals surface area contributed by atoms with E-state index in [0.717, 1.165) is 11.8 Å². The number of benzene rings is 1. The normalized spacial score (nSPS) is 11.3. The molecule has 3 aromatic rings. The molecular formula is C17H15N3O4S2. The number of nitrogens with one attached hydrogen (secondary N) is 2. The number of carbonyl (C=O) groups is 1. The van der Waals surface area contributed by atoms with Crippen LogP contribution >= 0.6 is 11.3 Å². The Hall–Kier alpha value is -2.78. The van der Waals surface area contributed by atoms with Gasteiger partial charge in [0, 0.05) is 30.6 Å². The van der Waals surface area contributed by atoms with E-state index in [-0.39, 0.29) is 16.2 Å². The van der Waals surface area contributed by atoms with Crippen LogP contribution in [0.2, 0.25) is 0 Å². The highest BCUT2D eigenvalue weighted by atomic mass is 32.2. The van der Waals surface area contributed by atoms with Gasteiger partial charge in [0.2, 0.25) is 11.3 Å². The maximum absolute atomic E-state index is 12.6. The van der Waals surface area contributed by atoms with Crippen molar-refractivity contribution in [1.82, 2.24) is 9.97 Å². The van der Waals surface area contributed by atoms with Gasteiger partial charge in [-0.1, -0.05) is 29.5 Å². The van der Waals surface area contributed by atoms with Crippen LogP contribution in [0, 0.1) is 0 Å². The van der Waals surface area contributed by atoms with E-state index in [2.05, 4.69) is 15.3 Å². The van der Waals surface area contributed by atoms with Gasteiger partial charge in [-0.05, 0) is 17.7 Å². The van der Waals surface area contributed by atoms with Gasteiger partial charge in [-0.2, -0.15) is 0 Å². The minimum atomic E-state index is -3.38. The SMILES string of the molecule is CS(=O)(=O)c1cccc(C(=O)c2cnc(NCc3ccc(=O)[nH]c3)s2)c1. The Kier molecular flexibility index (Phi) is 5.01. The van der Waals surface area contributed by atoms with Gasteiger partial charge >= 0.3 is 0 Å². The number of nitrogens with zero attached hydrogens (tertiary/aromatic N) is 1. The Morgan fingerprint density at radius 2 is 2.08 bits per heavy atom. The minimum absolute atomic E-state index is 0.101. The standard InChI is InChI=1S/C17H15N3O4S2/c1-26(23,24)13-4-2-3-12(7-13)16(22)14-10-20-17(25-14)19-9-11-5-6-15(21)18-8-11/h2-8,10H,9H2,1H3,(H,18,21)(H,19,20). The van der Waals surface area contributed by atoms with Gasteiger partial charge in [0.05, 0.1) is 16.0 Å². The van der Waals surface area contributed by atoms with Crippen molar-refractivity contribution in [2.24, 2.45) is 0 Å². The lowest BCUT2D eigenvalue weighted by Gasteiger charge is -2.02. The molecule has 0 aliphatic carbocycles. The van der Waals surface area contributed by atoms with E-state index in [1.165, 1.54) is 35.7 Å². The molecule has 1 aromatic carbocycles. The Labute approximate surface area is 153 Å². The van der Waals surface area contributed by atoms with Crippen LogP contribution in [-0.4, -0.2) is 30.4 Å². The summed E-state index contributed by atoms with van der Waals surface area (Å²) in [5.41, 5.74) is 0.990. The zero-order valence-electron chi connectivity index (χ0n) is 13.7. The second kappa shape index (κ2) is 7.22. The molecule has 0 saturated carbocycles. The van der Waals surface area contributed by atoms with Crippen LogP contribution < -0.4 is 10.9 Å². The number of hydrogen-bond donors (Lipinski definition) is 2. The number of hydrogen-bond acceptors (Lipinski definition) is 7. The molecule has 9 heteroatoms. The molecule has 3 rings (SSSR count). The minimum Gasteiger partial charge on any atom is -0.357 e. The predicted octanol–water partition coefficient (Wildman–Crippen LogP) is 2.08. The first-order valence-electron chi connectivity index (χ1n) is 7.55. The van der Waals surface area contributed by atoms with Crippen LogP contribution in [0.4, 0.5) is 5.13 Å². The van der Waals surface area contributed by atoms with Crippen molar-refractivity contribution in [2.75, 3.05) is 11.6 Å². The molecule has 0 aliphatic heterocycles. The number of thiazole rings is 1. The van der Waals surface area contributed by atoms with Gasteiger partial charge in [0.1, 0.15) is 0 Å². The molecule has 26 heavy (non-hydrogen) atoms. The molecule has 2 N–H and O–H groups in total. The van der Waals surface area contributed by atoms with Crippen LogP contribution in [0.1, 0.15) is 20.8 Å². The fourth-order valence-corrected chi connectivity index (χ4v) is 3.64. The number of sulfone groups is 1. The highest BCUT2D eigenvalue weighted by Crippen LogP contribution is 2.23. The van der Waals surface area contributed by atoms with Crippen LogP contribution in [0.25, 0.3) is 0 Å². The second-order valence-electron chi connectivity index (χ2n) is 5.57. The van der Waals surface area contributed by atoms with E-state index >= 15 is 0 Å². The first-order chi connectivity index (χ1) is 12.3. The van der Waals surface area contributed by atoms with Crippen molar-refractivity contribution in [3.05, 3.63) is 75.1 Å². The monoisotopic (exact) mass is 389 g/mol. The average Bonchev–Trinajstić information content (AvgIpc) is 3.09. The molecular weight excluding hydrogens is 374 g/mol. The molecule has 0 aliphatic rings. The lowest BCUT2D eigenvalue weighted by Crippen LogP contribution is -2.05. The van der Waals surface area contributed by atoms with Gasteiger partial charge < -0.3 is 10.3 Å². The molecule has 134 valence electrons. The molecule has 0 bridgehead atoms. The third-order valence-corrected chi connectivity index (χ3v) is 5.61. The van der Waals surface area contributed by atoms with Crippen molar-refractivity contribution in [2.45, 2.75) is 11.4 Å². The van der Waals surface area contributed by atoms with E-state index in [9.17, 15) is 18.0 Å². The molecule has 0 unspecified atom stereocenters. The molecule has 0 amide bonds. The zero-order chi connectivity index (χ0) is 18.7. The van der Waals surface area contributed by atoms with Gasteiger partial charge in [-0.15, -0.1) is 0 Å². The lowest BCUT2D eigenvalue weighted by molar-refractivity contribution is 0.104. The largest absolute Gasteiger partial charge is 0.357 e. The number of H-pyrrole nitrogens is 1. The van der Waals surface area contributed by atoms with Gasteiger partial charge in [0.25, 0.3) is 0 Å². The van der Waals surface area contributed by atoms with Crippen molar-refractivity contribution in [1.29, 1.82) is 0 Å². The molecule has 0 radical (unpaired) electrons. The van der Waals surface area contributed by atoms with Crippen molar-refractivity contribution >= 4 is 32.1 Å². The Morgan fingerprint density at radius 1 is 1.27 bits per heavy atom. The molecule has 2 heterocycles. The average molecular weight is 389 g/mol. The number of aromatic nitrogens is 2. The quantitative estimate of drug-likeness (QED) is 0.625. The Morgan fingerprint density at radius 3 is 2.77 bits per heavy atom. The number of pyridine rings is 1. The summed E-state index contributed by atoms with van der Waals surface area (Å²) < 4.78 is 23.3. The van der Waals surface area contributed by atoms with E-state index in [0.29, 0.717) is 22.1 Å². The van der Waals surface area contributed by atoms with Crippen LogP contribution in [-0.2, 0) is 16.4 Å². The number of anilines is 1. The molecule has 0 fully saturated rings. The van der Waals surface area contributed by atoms with E-state index in [1.54, 1.807) is 24.4 Å². The molecule has 0 atom stereocenters. The van der Waals surface area contributed by atoms with Crippen molar-refractivity contribution < 1.29 is 13.2 Å². The first kappa shape index (κ1) is 18.0. The van der Waals surface area contributed by atoms with E-state index in [4.69, 9.17) is 0 Å². The maximum Gasteiger partial charge on any atom is 0.247 e. The summed E-state index contributed by atoms with van der Waals surface area (Å²) in [6, 6.07) is 9.07. The van der Waals surface area contributed by atoms with E-state index in [1.807, 2.05) is 0 Å². The fourth-order valence-electron chi connectivity index (χ4n) is 2.20. The number of carbonyl (C=O) groups excluding carboxylic acids is 1. The third kappa shape index (κ3) is 4.24. The van der Waals surface area contributed by atoms with Crippen molar-refractivity contribution in [3.63, 3.8) is 0 Å². The third-order valence-electron chi connectivity index (χ3n) is 3.55. The number of aromatic amines is 1. The summed E-state index contributed by atoms with van der Waals surface area (Å²) in [6.07, 6.45) is 4.16. The lowest BCUT2D eigenvalue weighted by atomic mass is 10.1. The summed E-state index contributed by atoms with van der Waals surface area (Å²) >= 11 is 1.18.